The predicted octanol–water partition coefficient (Wildman–Crippen LogP) is 1.91. The van der Waals surface area contributed by atoms with Gasteiger partial charge in [-0.1, -0.05) is 30.3 Å². The average Bonchev–Trinajstić information content (AvgIpc) is 2.80. The lowest BCUT2D eigenvalue weighted by Crippen LogP contribution is -2.47. The molecule has 17 heavy (non-hydrogen) atoms. The molecule has 1 aromatic rings. The monoisotopic (exact) mass is 231 g/mol. The molecular weight excluding hydrogens is 214 g/mol. The van der Waals surface area contributed by atoms with E-state index in [1.807, 2.05) is 30.3 Å². The summed E-state index contributed by atoms with van der Waals surface area (Å²) < 4.78 is 5.29. The molecule has 1 aliphatic rings. The second kappa shape index (κ2) is 4.48. The van der Waals surface area contributed by atoms with E-state index in [9.17, 15) is 10.4 Å². The summed E-state index contributed by atoms with van der Waals surface area (Å²) in [6.45, 7) is 2.61. The van der Waals surface area contributed by atoms with Gasteiger partial charge in [-0.2, -0.15) is 5.26 Å². The largest absolute Gasteiger partial charge is 0.388 e. The van der Waals surface area contributed by atoms with E-state index in [0.717, 1.165) is 5.56 Å². The number of hydrogen-bond acceptors (Lipinski definition) is 3. The summed E-state index contributed by atoms with van der Waals surface area (Å²) in [4.78, 5) is 0. The van der Waals surface area contributed by atoms with E-state index in [2.05, 4.69) is 6.07 Å². The highest BCUT2D eigenvalue weighted by Crippen LogP contribution is 2.40. The number of ether oxygens (including phenoxy) is 1. The molecule has 1 heterocycles. The molecule has 3 heteroatoms. The summed E-state index contributed by atoms with van der Waals surface area (Å²) in [6.07, 6.45) is 1.08. The Labute approximate surface area is 102 Å². The molecule has 0 aromatic heterocycles. The third kappa shape index (κ3) is 2.19. The molecule has 0 aliphatic carbocycles. The molecule has 1 saturated heterocycles. The maximum absolute atomic E-state index is 10.6. The van der Waals surface area contributed by atoms with E-state index >= 15 is 0 Å². The normalized spacial score (nSPS) is 27.4. The predicted molar refractivity (Wildman–Crippen MR) is 64.3 cm³/mol. The topological polar surface area (TPSA) is 53.2 Å². The van der Waals surface area contributed by atoms with E-state index in [-0.39, 0.29) is 0 Å². The summed E-state index contributed by atoms with van der Waals surface area (Å²) in [6, 6.07) is 12.0. The van der Waals surface area contributed by atoms with Crippen molar-refractivity contribution in [1.29, 1.82) is 5.26 Å². The lowest BCUT2D eigenvalue weighted by molar-refractivity contribution is -0.0419. The van der Waals surface area contributed by atoms with Crippen molar-refractivity contribution in [3.8, 4) is 6.07 Å². The van der Waals surface area contributed by atoms with Crippen LogP contribution in [0.1, 0.15) is 18.9 Å². The molecule has 0 radical (unpaired) electrons. The van der Waals surface area contributed by atoms with Crippen LogP contribution in [-0.2, 0) is 11.2 Å². The Morgan fingerprint density at radius 2 is 2.18 bits per heavy atom. The first kappa shape index (κ1) is 12.1. The third-order valence-corrected chi connectivity index (χ3v) is 3.66. The first-order valence-corrected chi connectivity index (χ1v) is 5.85. The fourth-order valence-electron chi connectivity index (χ4n) is 2.36. The number of hydrogen-bond donors (Lipinski definition) is 1. The van der Waals surface area contributed by atoms with Crippen LogP contribution in [0.3, 0.4) is 0 Å². The maximum Gasteiger partial charge on any atom is 0.111 e. The maximum atomic E-state index is 10.6. The highest BCUT2D eigenvalue weighted by Gasteiger charge is 2.50. The molecule has 90 valence electrons. The van der Waals surface area contributed by atoms with E-state index < -0.39 is 11.0 Å². The van der Waals surface area contributed by atoms with Gasteiger partial charge in [-0.25, -0.2) is 0 Å². The molecule has 1 aliphatic heterocycles. The van der Waals surface area contributed by atoms with Crippen LogP contribution in [0.4, 0.5) is 0 Å². The molecule has 1 N–H and O–H groups in total. The van der Waals surface area contributed by atoms with Crippen LogP contribution < -0.4 is 0 Å². The fraction of sp³-hybridized carbons (Fsp3) is 0.500. The first-order valence-electron chi connectivity index (χ1n) is 5.85. The van der Waals surface area contributed by atoms with Gasteiger partial charge < -0.3 is 9.84 Å². The van der Waals surface area contributed by atoms with Gasteiger partial charge in [0.2, 0.25) is 0 Å². The van der Waals surface area contributed by atoms with Crippen LogP contribution in [0.15, 0.2) is 30.3 Å². The van der Waals surface area contributed by atoms with Crippen LogP contribution in [0.5, 0.6) is 0 Å². The molecule has 0 saturated carbocycles. The van der Waals surface area contributed by atoms with Crippen molar-refractivity contribution in [2.75, 3.05) is 13.2 Å². The Hall–Kier alpha value is -1.37. The van der Waals surface area contributed by atoms with Crippen LogP contribution in [0, 0.1) is 16.7 Å². The van der Waals surface area contributed by atoms with E-state index in [1.165, 1.54) is 0 Å². The first-order chi connectivity index (χ1) is 8.10. The van der Waals surface area contributed by atoms with Crippen molar-refractivity contribution < 1.29 is 9.84 Å². The Kier molecular flexibility index (Phi) is 3.19. The highest BCUT2D eigenvalue weighted by atomic mass is 16.5. The smallest absolute Gasteiger partial charge is 0.111 e. The Morgan fingerprint density at radius 1 is 1.47 bits per heavy atom. The SMILES string of the molecule is CC(O)(Cc1ccccc1)C1(C#N)CCOC1. The fourth-order valence-corrected chi connectivity index (χ4v) is 2.36. The summed E-state index contributed by atoms with van der Waals surface area (Å²) >= 11 is 0. The molecule has 0 spiro atoms. The molecule has 1 aromatic carbocycles. The lowest BCUT2D eigenvalue weighted by Gasteiger charge is -2.36. The zero-order chi connectivity index (χ0) is 12.4. The average molecular weight is 231 g/mol. The van der Waals surface area contributed by atoms with Crippen LogP contribution >= 0.6 is 0 Å². The van der Waals surface area contributed by atoms with Crippen molar-refractivity contribution in [2.45, 2.75) is 25.4 Å². The van der Waals surface area contributed by atoms with Gasteiger partial charge in [0, 0.05) is 13.0 Å². The minimum atomic E-state index is -1.06. The van der Waals surface area contributed by atoms with Gasteiger partial charge >= 0.3 is 0 Å². The number of benzene rings is 1. The Morgan fingerprint density at radius 3 is 2.71 bits per heavy atom. The van der Waals surface area contributed by atoms with Gasteiger partial charge in [0.25, 0.3) is 0 Å². The summed E-state index contributed by atoms with van der Waals surface area (Å²) in [5, 5.41) is 20.0. The molecule has 3 nitrogen and oxygen atoms in total. The number of nitriles is 1. The Balaban J connectivity index is 2.21. The minimum absolute atomic E-state index is 0.323. The van der Waals surface area contributed by atoms with E-state index in [1.54, 1.807) is 6.92 Å². The van der Waals surface area contributed by atoms with Crippen molar-refractivity contribution in [3.63, 3.8) is 0 Å². The summed E-state index contributed by atoms with van der Waals surface area (Å²) in [5.41, 5.74) is -0.790. The summed E-state index contributed by atoms with van der Waals surface area (Å²) in [7, 11) is 0. The van der Waals surface area contributed by atoms with Gasteiger partial charge in [0.05, 0.1) is 18.3 Å². The van der Waals surface area contributed by atoms with E-state index in [0.29, 0.717) is 26.1 Å². The van der Waals surface area contributed by atoms with Crippen molar-refractivity contribution in [1.82, 2.24) is 0 Å². The standard InChI is InChI=1S/C14H17NO2/c1-13(16,9-12-5-3-2-4-6-12)14(10-15)7-8-17-11-14/h2-6,16H,7-9,11H2,1H3. The van der Waals surface area contributed by atoms with Crippen LogP contribution in [-0.4, -0.2) is 23.9 Å². The quantitative estimate of drug-likeness (QED) is 0.864. The number of nitrogens with zero attached hydrogens (tertiary/aromatic N) is 1. The molecule has 2 atom stereocenters. The minimum Gasteiger partial charge on any atom is -0.388 e. The molecule has 0 bridgehead atoms. The van der Waals surface area contributed by atoms with E-state index in [4.69, 9.17) is 4.74 Å². The second-order valence-electron chi connectivity index (χ2n) is 4.93. The van der Waals surface area contributed by atoms with Gasteiger partial charge in [-0.05, 0) is 18.9 Å². The van der Waals surface area contributed by atoms with Crippen LogP contribution in [0.25, 0.3) is 0 Å². The zero-order valence-corrected chi connectivity index (χ0v) is 10.0. The van der Waals surface area contributed by atoms with Crippen molar-refractivity contribution >= 4 is 0 Å². The Bertz CT molecular complexity index is 414. The van der Waals surface area contributed by atoms with Gasteiger partial charge in [0.15, 0.2) is 0 Å². The summed E-state index contributed by atoms with van der Waals surface area (Å²) in [5.74, 6) is 0. The van der Waals surface area contributed by atoms with Crippen molar-refractivity contribution in [3.05, 3.63) is 35.9 Å². The van der Waals surface area contributed by atoms with Gasteiger partial charge in [0.1, 0.15) is 5.41 Å². The lowest BCUT2D eigenvalue weighted by atomic mass is 9.70. The van der Waals surface area contributed by atoms with Gasteiger partial charge in [-0.15, -0.1) is 0 Å². The molecule has 0 amide bonds. The number of aliphatic hydroxyl groups is 1. The number of rotatable bonds is 3. The zero-order valence-electron chi connectivity index (χ0n) is 10.0. The second-order valence-corrected chi connectivity index (χ2v) is 4.93. The molecule has 2 unspecified atom stereocenters. The molecule has 2 rings (SSSR count). The molecular formula is C14H17NO2. The molecule has 1 fully saturated rings. The third-order valence-electron chi connectivity index (χ3n) is 3.66. The highest BCUT2D eigenvalue weighted by molar-refractivity contribution is 5.21. The van der Waals surface area contributed by atoms with Gasteiger partial charge in [-0.3, -0.25) is 0 Å². The van der Waals surface area contributed by atoms with Crippen LogP contribution in [0.2, 0.25) is 0 Å². The van der Waals surface area contributed by atoms with Crippen molar-refractivity contribution in [2.24, 2.45) is 5.41 Å².